The van der Waals surface area contributed by atoms with Crippen molar-refractivity contribution >= 4 is 11.6 Å². The lowest BCUT2D eigenvalue weighted by atomic mass is 10.2. The van der Waals surface area contributed by atoms with Crippen LogP contribution in [-0.2, 0) is 0 Å². The molecule has 0 radical (unpaired) electrons. The summed E-state index contributed by atoms with van der Waals surface area (Å²) in [5.74, 6) is 0.444. The van der Waals surface area contributed by atoms with Crippen molar-refractivity contribution in [3.63, 3.8) is 0 Å². The molecule has 0 bridgehead atoms. The Morgan fingerprint density at radius 3 is 3.00 bits per heavy atom. The van der Waals surface area contributed by atoms with E-state index in [1.165, 1.54) is 11.6 Å². The molecule has 0 unspecified atom stereocenters. The van der Waals surface area contributed by atoms with Crippen LogP contribution in [0.4, 0.5) is 0 Å². The molecule has 2 aromatic rings. The summed E-state index contributed by atoms with van der Waals surface area (Å²) in [4.78, 5) is 16.6. The lowest BCUT2D eigenvalue weighted by molar-refractivity contribution is 0.0893. The molecular formula is C14H18N4O3. The second kappa shape index (κ2) is 5.33. The van der Waals surface area contributed by atoms with Crippen LogP contribution in [0.1, 0.15) is 29.0 Å². The van der Waals surface area contributed by atoms with Crippen LogP contribution in [-0.4, -0.2) is 45.4 Å². The van der Waals surface area contributed by atoms with E-state index < -0.39 is 6.10 Å². The van der Waals surface area contributed by atoms with Gasteiger partial charge in [-0.15, -0.1) is 5.10 Å². The number of carbonyl (C=O) groups excluding carboxylic acids is 1. The first-order valence-corrected chi connectivity index (χ1v) is 6.97. The molecule has 0 spiro atoms. The fourth-order valence-corrected chi connectivity index (χ4v) is 2.32. The number of carbonyl (C=O) groups is 1. The predicted molar refractivity (Wildman–Crippen MR) is 75.3 cm³/mol. The van der Waals surface area contributed by atoms with Crippen molar-refractivity contribution in [2.24, 2.45) is 5.92 Å². The number of hydrogen-bond acceptors (Lipinski definition) is 5. The van der Waals surface area contributed by atoms with Gasteiger partial charge in [0.25, 0.3) is 5.91 Å². The highest BCUT2D eigenvalue weighted by atomic mass is 16.5. The molecule has 1 aliphatic rings. The molecule has 7 nitrogen and oxygen atoms in total. The molecule has 1 aliphatic carbocycles. The zero-order valence-electron chi connectivity index (χ0n) is 12.0. The maximum atomic E-state index is 12.3. The number of imidazole rings is 1. The van der Waals surface area contributed by atoms with E-state index in [4.69, 9.17) is 4.74 Å². The molecule has 21 heavy (non-hydrogen) atoms. The Morgan fingerprint density at radius 1 is 1.57 bits per heavy atom. The minimum Gasteiger partial charge on any atom is -0.480 e. The monoisotopic (exact) mass is 290 g/mol. The minimum absolute atomic E-state index is 0.250. The van der Waals surface area contributed by atoms with Crippen LogP contribution in [0.15, 0.2) is 12.1 Å². The van der Waals surface area contributed by atoms with Crippen LogP contribution in [0.25, 0.3) is 5.65 Å². The molecule has 1 amide bonds. The Hall–Kier alpha value is -2.15. The van der Waals surface area contributed by atoms with Gasteiger partial charge in [-0.3, -0.25) is 4.79 Å². The van der Waals surface area contributed by atoms with Crippen molar-refractivity contribution in [1.29, 1.82) is 0 Å². The quantitative estimate of drug-likeness (QED) is 0.839. The summed E-state index contributed by atoms with van der Waals surface area (Å²) in [7, 11) is 1.52. The van der Waals surface area contributed by atoms with Gasteiger partial charge in [-0.25, -0.2) is 9.50 Å². The van der Waals surface area contributed by atoms with Crippen LogP contribution >= 0.6 is 0 Å². The fraction of sp³-hybridized carbons (Fsp3) is 0.500. The van der Waals surface area contributed by atoms with Crippen LogP contribution in [0.2, 0.25) is 0 Å². The van der Waals surface area contributed by atoms with Crippen LogP contribution in [0, 0.1) is 12.8 Å². The maximum Gasteiger partial charge on any atom is 0.272 e. The maximum absolute atomic E-state index is 12.3. The fourth-order valence-electron chi connectivity index (χ4n) is 2.32. The number of amides is 1. The average molecular weight is 290 g/mol. The number of aliphatic hydroxyl groups is 1. The number of fused-ring (bicyclic) bond motifs is 1. The van der Waals surface area contributed by atoms with Gasteiger partial charge in [0.15, 0.2) is 11.3 Å². The van der Waals surface area contributed by atoms with Gasteiger partial charge in [-0.1, -0.05) is 0 Å². The molecule has 3 rings (SSSR count). The highest BCUT2D eigenvalue weighted by molar-refractivity contribution is 5.94. The summed E-state index contributed by atoms with van der Waals surface area (Å²) in [5, 5.41) is 16.8. The minimum atomic E-state index is -0.476. The number of ether oxygens (including phenoxy) is 1. The van der Waals surface area contributed by atoms with E-state index in [0.29, 0.717) is 28.8 Å². The normalized spacial score (nSPS) is 16.0. The molecule has 1 saturated carbocycles. The number of methoxy groups -OCH3 is 1. The van der Waals surface area contributed by atoms with E-state index in [0.717, 1.165) is 12.8 Å². The van der Waals surface area contributed by atoms with Gasteiger partial charge in [-0.05, 0) is 31.7 Å². The number of nitrogens with zero attached hydrogens (tertiary/aromatic N) is 3. The van der Waals surface area contributed by atoms with Gasteiger partial charge < -0.3 is 15.2 Å². The molecule has 0 saturated heterocycles. The first-order chi connectivity index (χ1) is 10.1. The molecule has 0 aliphatic heterocycles. The molecule has 2 heterocycles. The van der Waals surface area contributed by atoms with Gasteiger partial charge in [0.2, 0.25) is 5.88 Å². The van der Waals surface area contributed by atoms with Crippen LogP contribution < -0.4 is 10.1 Å². The van der Waals surface area contributed by atoms with Crippen molar-refractivity contribution in [3.05, 3.63) is 23.5 Å². The molecule has 1 fully saturated rings. The van der Waals surface area contributed by atoms with Crippen molar-refractivity contribution in [2.75, 3.05) is 13.7 Å². The molecule has 7 heteroatoms. The SMILES string of the molecule is COc1ccc2nc(C)c(C(=O)NC[C@H](O)C3CC3)n2n1. The Morgan fingerprint density at radius 2 is 2.33 bits per heavy atom. The largest absolute Gasteiger partial charge is 0.480 e. The summed E-state index contributed by atoms with van der Waals surface area (Å²) in [5.41, 5.74) is 1.54. The van der Waals surface area contributed by atoms with Crippen LogP contribution in [0.5, 0.6) is 5.88 Å². The van der Waals surface area contributed by atoms with Crippen molar-refractivity contribution < 1.29 is 14.6 Å². The Bertz CT molecular complexity index is 678. The number of aryl methyl sites for hydroxylation is 1. The van der Waals surface area contributed by atoms with Gasteiger partial charge in [-0.2, -0.15) is 0 Å². The Kier molecular flexibility index (Phi) is 3.50. The lowest BCUT2D eigenvalue weighted by Crippen LogP contribution is -2.34. The standard InChI is InChI=1S/C14H18N4O3/c1-8-13(14(20)15-7-10(19)9-3-4-9)18-11(16-8)5-6-12(17-18)21-2/h5-6,9-10,19H,3-4,7H2,1-2H3,(H,15,20)/t10-/m0/s1. The molecule has 1 atom stereocenters. The third kappa shape index (κ3) is 2.69. The van der Waals surface area contributed by atoms with Gasteiger partial charge in [0, 0.05) is 12.6 Å². The third-order valence-corrected chi connectivity index (χ3v) is 3.69. The van der Waals surface area contributed by atoms with Gasteiger partial charge >= 0.3 is 0 Å². The molecule has 0 aromatic carbocycles. The lowest BCUT2D eigenvalue weighted by Gasteiger charge is -2.10. The Labute approximate surface area is 121 Å². The summed E-state index contributed by atoms with van der Waals surface area (Å²) >= 11 is 0. The van der Waals surface area contributed by atoms with E-state index in [1.54, 1.807) is 19.1 Å². The highest BCUT2D eigenvalue weighted by Gasteiger charge is 2.30. The van der Waals surface area contributed by atoms with E-state index in [-0.39, 0.29) is 12.5 Å². The second-order valence-corrected chi connectivity index (χ2v) is 5.31. The zero-order valence-corrected chi connectivity index (χ0v) is 12.0. The number of hydrogen-bond donors (Lipinski definition) is 2. The predicted octanol–water partition coefficient (Wildman–Crippen LogP) is 0.547. The molecular weight excluding hydrogens is 272 g/mol. The van der Waals surface area contributed by atoms with E-state index in [9.17, 15) is 9.90 Å². The molecule has 2 N–H and O–H groups in total. The van der Waals surface area contributed by atoms with E-state index in [2.05, 4.69) is 15.4 Å². The number of aliphatic hydroxyl groups excluding tert-OH is 1. The van der Waals surface area contributed by atoms with E-state index in [1.807, 2.05) is 0 Å². The van der Waals surface area contributed by atoms with Crippen molar-refractivity contribution in [3.8, 4) is 5.88 Å². The summed E-state index contributed by atoms with van der Waals surface area (Å²) in [6.45, 7) is 2.01. The summed E-state index contributed by atoms with van der Waals surface area (Å²) < 4.78 is 6.54. The van der Waals surface area contributed by atoms with Crippen molar-refractivity contribution in [1.82, 2.24) is 19.9 Å². The molecule has 112 valence electrons. The van der Waals surface area contributed by atoms with Crippen molar-refractivity contribution in [2.45, 2.75) is 25.9 Å². The summed E-state index contributed by atoms with van der Waals surface area (Å²) in [6.07, 6.45) is 1.59. The Balaban J connectivity index is 1.83. The number of nitrogens with one attached hydrogen (secondary N) is 1. The highest BCUT2D eigenvalue weighted by Crippen LogP contribution is 2.32. The number of aromatic nitrogens is 3. The smallest absolute Gasteiger partial charge is 0.272 e. The third-order valence-electron chi connectivity index (χ3n) is 3.69. The first kappa shape index (κ1) is 13.8. The summed E-state index contributed by atoms with van der Waals surface area (Å²) in [6, 6.07) is 3.44. The average Bonchev–Trinajstić information content (AvgIpc) is 3.26. The van der Waals surface area contributed by atoms with Gasteiger partial charge in [0.1, 0.15) is 0 Å². The molecule has 2 aromatic heterocycles. The van der Waals surface area contributed by atoms with Crippen LogP contribution in [0.3, 0.4) is 0 Å². The topological polar surface area (TPSA) is 88.8 Å². The number of rotatable bonds is 5. The van der Waals surface area contributed by atoms with E-state index >= 15 is 0 Å². The zero-order chi connectivity index (χ0) is 15.0. The first-order valence-electron chi connectivity index (χ1n) is 6.97. The second-order valence-electron chi connectivity index (χ2n) is 5.31. The van der Waals surface area contributed by atoms with Gasteiger partial charge in [0.05, 0.1) is 18.9 Å².